The number of carbonyl (C=O) groups is 2. The van der Waals surface area contributed by atoms with Crippen LogP contribution in [0.1, 0.15) is 38.6 Å². The first-order chi connectivity index (χ1) is 13.3. The maximum atomic E-state index is 12.5. The van der Waals surface area contributed by atoms with Crippen LogP contribution in [0.5, 0.6) is 5.75 Å². The number of hydrogen-bond acceptors (Lipinski definition) is 5. The van der Waals surface area contributed by atoms with Crippen molar-refractivity contribution in [1.29, 1.82) is 0 Å². The number of likely N-dealkylation sites (tertiary alicyclic amines) is 1. The number of nitrogens with zero attached hydrogens (tertiary/aromatic N) is 3. The van der Waals surface area contributed by atoms with Gasteiger partial charge in [0.15, 0.2) is 0 Å². The molecule has 2 aromatic rings. The summed E-state index contributed by atoms with van der Waals surface area (Å²) >= 11 is 0. The molecule has 0 saturated carbocycles. The number of methoxy groups -OCH3 is 1. The number of rotatable bonds is 6. The molecule has 2 amide bonds. The van der Waals surface area contributed by atoms with Gasteiger partial charge in [0, 0.05) is 24.9 Å². The lowest BCUT2D eigenvalue weighted by Gasteiger charge is -2.31. The molecule has 1 saturated heterocycles. The van der Waals surface area contributed by atoms with Crippen molar-refractivity contribution in [3.05, 3.63) is 35.7 Å². The van der Waals surface area contributed by atoms with Crippen molar-refractivity contribution in [2.75, 3.05) is 19.0 Å². The Bertz CT molecular complexity index is 838. The number of amides is 2. The van der Waals surface area contributed by atoms with E-state index in [1.165, 1.54) is 0 Å². The fraction of sp³-hybridized carbons (Fsp3) is 0.500. The number of aromatic amines is 1. The predicted octanol–water partition coefficient (Wildman–Crippen LogP) is 2.18. The summed E-state index contributed by atoms with van der Waals surface area (Å²) in [4.78, 5) is 30.7. The molecule has 8 nitrogen and oxygen atoms in total. The summed E-state index contributed by atoms with van der Waals surface area (Å²) < 4.78 is 5.15. The van der Waals surface area contributed by atoms with Crippen LogP contribution >= 0.6 is 0 Å². The zero-order valence-corrected chi connectivity index (χ0v) is 16.8. The molecule has 1 aromatic heterocycles. The van der Waals surface area contributed by atoms with E-state index in [1.54, 1.807) is 12.0 Å². The van der Waals surface area contributed by atoms with Gasteiger partial charge in [-0.1, -0.05) is 12.1 Å². The largest absolute Gasteiger partial charge is 0.497 e. The highest BCUT2D eigenvalue weighted by Gasteiger charge is 2.39. The van der Waals surface area contributed by atoms with Gasteiger partial charge in [-0.3, -0.25) is 20.0 Å². The second-order valence-electron chi connectivity index (χ2n) is 8.02. The Kier molecular flexibility index (Phi) is 5.67. The third-order valence-electron chi connectivity index (χ3n) is 4.88. The Labute approximate surface area is 164 Å². The lowest BCUT2D eigenvalue weighted by Crippen LogP contribution is -2.42. The van der Waals surface area contributed by atoms with Gasteiger partial charge < -0.3 is 9.64 Å². The monoisotopic (exact) mass is 385 g/mol. The normalized spacial score (nSPS) is 17.1. The van der Waals surface area contributed by atoms with Crippen molar-refractivity contribution in [2.45, 2.75) is 45.6 Å². The SMILES string of the molecule is COc1ccc(CCc2nc(NC(=O)C3CC(=O)N(C(C)(C)C)C3)n[nH]2)cc1. The van der Waals surface area contributed by atoms with E-state index in [4.69, 9.17) is 4.74 Å². The molecule has 2 N–H and O–H groups in total. The molecule has 0 radical (unpaired) electrons. The van der Waals surface area contributed by atoms with Crippen LogP contribution in [0.15, 0.2) is 24.3 Å². The zero-order chi connectivity index (χ0) is 20.3. The highest BCUT2D eigenvalue weighted by Crippen LogP contribution is 2.26. The average molecular weight is 385 g/mol. The molecule has 1 unspecified atom stereocenters. The van der Waals surface area contributed by atoms with Gasteiger partial charge in [0.1, 0.15) is 11.6 Å². The van der Waals surface area contributed by atoms with Gasteiger partial charge >= 0.3 is 0 Å². The van der Waals surface area contributed by atoms with Crippen molar-refractivity contribution in [3.8, 4) is 5.75 Å². The van der Waals surface area contributed by atoms with Crippen LogP contribution in [0.4, 0.5) is 5.95 Å². The van der Waals surface area contributed by atoms with E-state index < -0.39 is 0 Å². The van der Waals surface area contributed by atoms with Gasteiger partial charge in [0.2, 0.25) is 17.8 Å². The first-order valence-corrected chi connectivity index (χ1v) is 9.42. The topological polar surface area (TPSA) is 100 Å². The van der Waals surface area contributed by atoms with E-state index in [1.807, 2.05) is 45.0 Å². The summed E-state index contributed by atoms with van der Waals surface area (Å²) in [7, 11) is 1.64. The lowest BCUT2D eigenvalue weighted by atomic mass is 10.1. The molecule has 1 fully saturated rings. The van der Waals surface area contributed by atoms with Crippen molar-refractivity contribution in [2.24, 2.45) is 5.92 Å². The number of aromatic nitrogens is 3. The minimum Gasteiger partial charge on any atom is -0.497 e. The van der Waals surface area contributed by atoms with E-state index in [-0.39, 0.29) is 35.6 Å². The second-order valence-corrected chi connectivity index (χ2v) is 8.02. The summed E-state index contributed by atoms with van der Waals surface area (Å²) in [5.41, 5.74) is 0.875. The van der Waals surface area contributed by atoms with Crippen molar-refractivity contribution < 1.29 is 14.3 Å². The zero-order valence-electron chi connectivity index (χ0n) is 16.8. The molecular weight excluding hydrogens is 358 g/mol. The standard InChI is InChI=1S/C20H27N5O3/c1-20(2,3)25-12-14(11-17(25)26)18(27)22-19-21-16(23-24-19)10-7-13-5-8-15(28-4)9-6-13/h5-6,8-9,14H,7,10-12H2,1-4H3,(H2,21,22,23,24,27). The Balaban J connectivity index is 1.52. The molecule has 1 aliphatic heterocycles. The van der Waals surface area contributed by atoms with Gasteiger partial charge in [-0.05, 0) is 44.9 Å². The van der Waals surface area contributed by atoms with E-state index in [0.717, 1.165) is 17.7 Å². The van der Waals surface area contributed by atoms with Crippen LogP contribution in [0.2, 0.25) is 0 Å². The number of H-pyrrole nitrogens is 1. The number of ether oxygens (including phenoxy) is 1. The maximum Gasteiger partial charge on any atom is 0.248 e. The molecule has 0 bridgehead atoms. The van der Waals surface area contributed by atoms with Crippen LogP contribution in [0.3, 0.4) is 0 Å². The highest BCUT2D eigenvalue weighted by molar-refractivity contribution is 5.96. The Morgan fingerprint density at radius 3 is 2.61 bits per heavy atom. The minimum atomic E-state index is -0.382. The van der Waals surface area contributed by atoms with Gasteiger partial charge in [0.25, 0.3) is 0 Å². The van der Waals surface area contributed by atoms with Crippen LogP contribution < -0.4 is 10.1 Å². The van der Waals surface area contributed by atoms with Crippen molar-refractivity contribution in [1.82, 2.24) is 20.1 Å². The summed E-state index contributed by atoms with van der Waals surface area (Å²) in [6.45, 7) is 6.32. The first kappa shape index (κ1) is 19.9. The van der Waals surface area contributed by atoms with Crippen molar-refractivity contribution in [3.63, 3.8) is 0 Å². The molecule has 2 heterocycles. The summed E-state index contributed by atoms with van der Waals surface area (Å²) in [5.74, 6) is 1.17. The maximum absolute atomic E-state index is 12.5. The van der Waals surface area contributed by atoms with E-state index in [9.17, 15) is 9.59 Å². The van der Waals surface area contributed by atoms with Gasteiger partial charge in [0.05, 0.1) is 13.0 Å². The van der Waals surface area contributed by atoms with Crippen LogP contribution in [0.25, 0.3) is 0 Å². The van der Waals surface area contributed by atoms with E-state index >= 15 is 0 Å². The third-order valence-corrected chi connectivity index (χ3v) is 4.88. The Morgan fingerprint density at radius 1 is 1.29 bits per heavy atom. The molecular formula is C20H27N5O3. The quantitative estimate of drug-likeness (QED) is 0.794. The van der Waals surface area contributed by atoms with E-state index in [2.05, 4.69) is 20.5 Å². The highest BCUT2D eigenvalue weighted by atomic mass is 16.5. The molecule has 8 heteroatoms. The Morgan fingerprint density at radius 2 is 2.00 bits per heavy atom. The van der Waals surface area contributed by atoms with Crippen molar-refractivity contribution >= 4 is 17.8 Å². The molecule has 0 aliphatic carbocycles. The first-order valence-electron chi connectivity index (χ1n) is 9.42. The predicted molar refractivity (Wildman–Crippen MR) is 105 cm³/mol. The minimum absolute atomic E-state index is 0.00261. The second kappa shape index (κ2) is 8.00. The van der Waals surface area contributed by atoms with Crippen LogP contribution in [-0.4, -0.2) is 51.1 Å². The Hall–Kier alpha value is -2.90. The fourth-order valence-electron chi connectivity index (χ4n) is 3.26. The summed E-state index contributed by atoms with van der Waals surface area (Å²) in [6, 6.07) is 7.86. The molecule has 28 heavy (non-hydrogen) atoms. The molecule has 1 atom stereocenters. The number of hydrogen-bond donors (Lipinski definition) is 2. The average Bonchev–Trinajstić information content (AvgIpc) is 3.26. The summed E-state index contributed by atoms with van der Waals surface area (Å²) in [6.07, 6.45) is 1.69. The van der Waals surface area contributed by atoms with Gasteiger partial charge in [-0.2, -0.15) is 4.98 Å². The van der Waals surface area contributed by atoms with Crippen LogP contribution in [-0.2, 0) is 22.4 Å². The van der Waals surface area contributed by atoms with Gasteiger partial charge in [-0.25, -0.2) is 0 Å². The molecule has 1 aromatic carbocycles. The van der Waals surface area contributed by atoms with Crippen LogP contribution in [0, 0.1) is 5.92 Å². The van der Waals surface area contributed by atoms with E-state index in [0.29, 0.717) is 18.8 Å². The van der Waals surface area contributed by atoms with Gasteiger partial charge in [-0.15, -0.1) is 5.10 Å². The molecule has 0 spiro atoms. The molecule has 3 rings (SSSR count). The molecule has 150 valence electrons. The lowest BCUT2D eigenvalue weighted by molar-refractivity contribution is -0.131. The molecule has 1 aliphatic rings. The summed E-state index contributed by atoms with van der Waals surface area (Å²) in [5, 5.41) is 9.65. The number of aryl methyl sites for hydroxylation is 2. The smallest absolute Gasteiger partial charge is 0.248 e. The number of nitrogens with one attached hydrogen (secondary N) is 2. The fourth-order valence-corrected chi connectivity index (χ4v) is 3.26. The third kappa shape index (κ3) is 4.68. The number of benzene rings is 1. The number of anilines is 1. The number of carbonyl (C=O) groups excluding carboxylic acids is 2.